The van der Waals surface area contributed by atoms with Crippen molar-refractivity contribution in [2.24, 2.45) is 0 Å². The van der Waals surface area contributed by atoms with Crippen molar-refractivity contribution in [1.29, 1.82) is 0 Å². The summed E-state index contributed by atoms with van der Waals surface area (Å²) in [6.07, 6.45) is 0. The van der Waals surface area contributed by atoms with Crippen LogP contribution >= 0.6 is 0 Å². The molecule has 0 unspecified atom stereocenters. The molecule has 1 nitrogen and oxygen atoms in total. The van der Waals surface area contributed by atoms with Crippen LogP contribution in [0.5, 0.6) is 11.5 Å². The van der Waals surface area contributed by atoms with Gasteiger partial charge in [0.05, 0.1) is 0 Å². The number of fused-ring (bicyclic) bond motifs is 4. The van der Waals surface area contributed by atoms with E-state index in [9.17, 15) is 0 Å². The van der Waals surface area contributed by atoms with Crippen molar-refractivity contribution < 1.29 is 4.74 Å². The van der Waals surface area contributed by atoms with Gasteiger partial charge in [-0.25, -0.2) is 0 Å². The zero-order valence-corrected chi connectivity index (χ0v) is 26.7. The summed E-state index contributed by atoms with van der Waals surface area (Å²) in [5.41, 5.74) is 12.1. The van der Waals surface area contributed by atoms with E-state index in [1.807, 2.05) is 0 Å². The number of ether oxygens (including phenoxy) is 1. The highest BCUT2D eigenvalue weighted by Gasteiger charge is 2.24. The molecule has 0 aromatic heterocycles. The monoisotopic (exact) mass is 622 g/mol. The van der Waals surface area contributed by atoms with E-state index in [2.05, 4.69) is 182 Å². The van der Waals surface area contributed by atoms with E-state index in [-0.39, 0.29) is 0 Å². The molecule has 49 heavy (non-hydrogen) atoms. The van der Waals surface area contributed by atoms with Crippen LogP contribution in [0, 0.1) is 0 Å². The van der Waals surface area contributed by atoms with Crippen LogP contribution in [0.2, 0.25) is 0 Å². The molecule has 0 N–H and O–H groups in total. The summed E-state index contributed by atoms with van der Waals surface area (Å²) < 4.78 is 6.68. The lowest BCUT2D eigenvalue weighted by atomic mass is 9.83. The SMILES string of the molecule is c1ccc(-c2cccc(-c3ccc4c(c3)-c3cccc5c(-c6c7ccccc7c(-c7ccccc7)c7ccccc67)ccc(c35)O4)c2)cc1. The van der Waals surface area contributed by atoms with Crippen LogP contribution in [0.3, 0.4) is 0 Å². The molecular weight excluding hydrogens is 593 g/mol. The fourth-order valence-electron chi connectivity index (χ4n) is 7.87. The van der Waals surface area contributed by atoms with Crippen LogP contribution in [0.15, 0.2) is 182 Å². The highest BCUT2D eigenvalue weighted by Crippen LogP contribution is 2.52. The second-order valence-electron chi connectivity index (χ2n) is 12.8. The molecular formula is C48H30O. The molecule has 10 rings (SSSR count). The van der Waals surface area contributed by atoms with Crippen LogP contribution in [-0.2, 0) is 0 Å². The van der Waals surface area contributed by atoms with Gasteiger partial charge in [-0.05, 0) is 107 Å². The standard InChI is InChI=1S/C48H30O/c1-3-13-31(14-4-1)33-17-11-18-34(29-33)35-25-27-44-43(30-35)41-24-12-23-40-42(26-28-45(49-44)48(40)41)47-38-21-9-7-19-36(38)46(32-15-5-2-6-16-32)37-20-8-10-22-39(37)47/h1-30H. The van der Waals surface area contributed by atoms with Crippen LogP contribution in [0.4, 0.5) is 0 Å². The van der Waals surface area contributed by atoms with Crippen molar-refractivity contribution in [1.82, 2.24) is 0 Å². The lowest BCUT2D eigenvalue weighted by Gasteiger charge is -2.24. The molecule has 1 heterocycles. The van der Waals surface area contributed by atoms with Crippen molar-refractivity contribution in [2.75, 3.05) is 0 Å². The summed E-state index contributed by atoms with van der Waals surface area (Å²) in [5.74, 6) is 1.79. The van der Waals surface area contributed by atoms with Gasteiger partial charge >= 0.3 is 0 Å². The molecule has 1 aliphatic rings. The van der Waals surface area contributed by atoms with Gasteiger partial charge in [-0.1, -0.05) is 152 Å². The van der Waals surface area contributed by atoms with E-state index in [4.69, 9.17) is 4.74 Å². The molecule has 9 aromatic carbocycles. The summed E-state index contributed by atoms with van der Waals surface area (Å²) in [6, 6.07) is 65.6. The van der Waals surface area contributed by atoms with E-state index in [1.54, 1.807) is 0 Å². The Morgan fingerprint density at radius 3 is 1.47 bits per heavy atom. The molecule has 0 fully saturated rings. The van der Waals surface area contributed by atoms with E-state index in [0.29, 0.717) is 0 Å². The van der Waals surface area contributed by atoms with E-state index < -0.39 is 0 Å². The molecule has 0 bridgehead atoms. The van der Waals surface area contributed by atoms with Crippen LogP contribution < -0.4 is 4.74 Å². The van der Waals surface area contributed by atoms with Gasteiger partial charge in [0, 0.05) is 10.9 Å². The van der Waals surface area contributed by atoms with Gasteiger partial charge in [0.1, 0.15) is 11.5 Å². The van der Waals surface area contributed by atoms with Gasteiger partial charge in [0.25, 0.3) is 0 Å². The molecule has 0 amide bonds. The van der Waals surface area contributed by atoms with Crippen molar-refractivity contribution in [2.45, 2.75) is 0 Å². The summed E-state index contributed by atoms with van der Waals surface area (Å²) in [5, 5.41) is 7.36. The predicted molar refractivity (Wildman–Crippen MR) is 206 cm³/mol. The fourth-order valence-corrected chi connectivity index (χ4v) is 7.87. The van der Waals surface area contributed by atoms with Gasteiger partial charge in [0.2, 0.25) is 0 Å². The lowest BCUT2D eigenvalue weighted by molar-refractivity contribution is 0.487. The molecule has 0 saturated carbocycles. The van der Waals surface area contributed by atoms with E-state index in [0.717, 1.165) is 22.4 Å². The summed E-state index contributed by atoms with van der Waals surface area (Å²) in [4.78, 5) is 0. The minimum Gasteiger partial charge on any atom is -0.456 e. The quantitative estimate of drug-likeness (QED) is 0.177. The number of benzene rings is 9. The Morgan fingerprint density at radius 1 is 0.265 bits per heavy atom. The van der Waals surface area contributed by atoms with Crippen LogP contribution in [0.25, 0.3) is 88.0 Å². The molecule has 0 radical (unpaired) electrons. The highest BCUT2D eigenvalue weighted by molar-refractivity contribution is 6.24. The molecule has 0 atom stereocenters. The third-order valence-electron chi connectivity index (χ3n) is 10.1. The second kappa shape index (κ2) is 11.1. The third kappa shape index (κ3) is 4.40. The van der Waals surface area contributed by atoms with Crippen LogP contribution in [-0.4, -0.2) is 0 Å². The Hall–Kier alpha value is -6.44. The molecule has 1 heteroatoms. The van der Waals surface area contributed by atoms with E-state index in [1.165, 1.54) is 77.0 Å². The lowest BCUT2D eigenvalue weighted by Crippen LogP contribution is -1.99. The summed E-state index contributed by atoms with van der Waals surface area (Å²) >= 11 is 0. The third-order valence-corrected chi connectivity index (χ3v) is 10.1. The Labute approximate surface area is 285 Å². The molecule has 0 spiro atoms. The van der Waals surface area contributed by atoms with Crippen LogP contribution in [0.1, 0.15) is 0 Å². The van der Waals surface area contributed by atoms with Gasteiger partial charge < -0.3 is 4.74 Å². The number of rotatable bonds is 4. The van der Waals surface area contributed by atoms with Crippen molar-refractivity contribution in [3.05, 3.63) is 182 Å². The minimum absolute atomic E-state index is 0.888. The Kier molecular flexibility index (Phi) is 6.25. The zero-order valence-electron chi connectivity index (χ0n) is 26.7. The second-order valence-corrected chi connectivity index (χ2v) is 12.8. The van der Waals surface area contributed by atoms with Gasteiger partial charge in [0.15, 0.2) is 0 Å². The Balaban J connectivity index is 1.19. The molecule has 1 aliphatic heterocycles. The van der Waals surface area contributed by atoms with Gasteiger partial charge in [-0.3, -0.25) is 0 Å². The maximum absolute atomic E-state index is 6.68. The van der Waals surface area contributed by atoms with Crippen molar-refractivity contribution in [3.63, 3.8) is 0 Å². The predicted octanol–water partition coefficient (Wildman–Crippen LogP) is 13.6. The number of hydrogen-bond acceptors (Lipinski definition) is 1. The average molecular weight is 623 g/mol. The first-order chi connectivity index (χ1) is 24.3. The molecule has 9 aromatic rings. The smallest absolute Gasteiger partial charge is 0.135 e. The first-order valence-corrected chi connectivity index (χ1v) is 16.8. The summed E-state index contributed by atoms with van der Waals surface area (Å²) in [6.45, 7) is 0. The fraction of sp³-hybridized carbons (Fsp3) is 0. The van der Waals surface area contributed by atoms with Crippen molar-refractivity contribution in [3.8, 4) is 67.1 Å². The van der Waals surface area contributed by atoms with Crippen molar-refractivity contribution >= 4 is 32.3 Å². The first kappa shape index (κ1) is 27.7. The largest absolute Gasteiger partial charge is 0.456 e. The van der Waals surface area contributed by atoms with Gasteiger partial charge in [-0.15, -0.1) is 0 Å². The molecule has 0 saturated heterocycles. The van der Waals surface area contributed by atoms with E-state index >= 15 is 0 Å². The topological polar surface area (TPSA) is 9.23 Å². The molecule has 0 aliphatic carbocycles. The maximum atomic E-state index is 6.68. The zero-order chi connectivity index (χ0) is 32.3. The first-order valence-electron chi connectivity index (χ1n) is 16.8. The maximum Gasteiger partial charge on any atom is 0.135 e. The number of hydrogen-bond donors (Lipinski definition) is 0. The Morgan fingerprint density at radius 2 is 0.776 bits per heavy atom. The van der Waals surface area contributed by atoms with Gasteiger partial charge in [-0.2, -0.15) is 0 Å². The highest BCUT2D eigenvalue weighted by atomic mass is 16.5. The molecule has 228 valence electrons. The summed E-state index contributed by atoms with van der Waals surface area (Å²) in [7, 11) is 0. The normalized spacial score (nSPS) is 11.8. The minimum atomic E-state index is 0.888. The Bertz CT molecular complexity index is 2670. The average Bonchev–Trinajstić information content (AvgIpc) is 3.18.